The van der Waals surface area contributed by atoms with Crippen LogP contribution in [0.15, 0.2) is 91.0 Å². The molecule has 4 aromatic carbocycles. The van der Waals surface area contributed by atoms with E-state index in [-0.39, 0.29) is 17.2 Å². The minimum Gasteiger partial charge on any atom is -0.508 e. The highest BCUT2D eigenvalue weighted by atomic mass is 16.5. The Kier molecular flexibility index (Phi) is 6.61. The first-order valence-corrected chi connectivity index (χ1v) is 10.7. The number of ether oxygens (including phenoxy) is 1. The summed E-state index contributed by atoms with van der Waals surface area (Å²) in [6.07, 6.45) is 3.21. The van der Waals surface area contributed by atoms with Gasteiger partial charge in [0.05, 0.1) is 0 Å². The molecule has 0 radical (unpaired) electrons. The van der Waals surface area contributed by atoms with Gasteiger partial charge in [0.1, 0.15) is 28.7 Å². The summed E-state index contributed by atoms with van der Waals surface area (Å²) in [7, 11) is 0. The van der Waals surface area contributed by atoms with Crippen LogP contribution >= 0.6 is 0 Å². The third-order valence-corrected chi connectivity index (χ3v) is 5.34. The Labute approximate surface area is 188 Å². The highest BCUT2D eigenvalue weighted by molar-refractivity contribution is 5.41. The van der Waals surface area contributed by atoms with Crippen molar-refractivity contribution in [2.24, 2.45) is 0 Å². The molecule has 0 fully saturated rings. The average molecular weight is 427 g/mol. The first-order valence-electron chi connectivity index (χ1n) is 10.7. The Morgan fingerprint density at radius 3 is 1.78 bits per heavy atom. The quantitative estimate of drug-likeness (QED) is 0.315. The van der Waals surface area contributed by atoms with Crippen molar-refractivity contribution in [1.82, 2.24) is 0 Å². The van der Waals surface area contributed by atoms with Crippen molar-refractivity contribution in [3.63, 3.8) is 0 Å². The van der Waals surface area contributed by atoms with Crippen molar-refractivity contribution >= 4 is 0 Å². The van der Waals surface area contributed by atoms with E-state index in [1.165, 1.54) is 0 Å². The van der Waals surface area contributed by atoms with Crippen LogP contribution in [0.4, 0.5) is 0 Å². The van der Waals surface area contributed by atoms with Gasteiger partial charge in [-0.1, -0.05) is 36.4 Å². The number of phenolic OH excluding ortho intramolecular Hbond substituents is 3. The summed E-state index contributed by atoms with van der Waals surface area (Å²) in [4.78, 5) is 0. The fourth-order valence-corrected chi connectivity index (χ4v) is 3.70. The minimum absolute atomic E-state index is 0.170. The summed E-state index contributed by atoms with van der Waals surface area (Å²) in [5.74, 6) is 2.02. The van der Waals surface area contributed by atoms with Crippen LogP contribution < -0.4 is 4.74 Å². The number of aromatic hydroxyl groups is 3. The molecule has 0 aliphatic carbocycles. The Hall–Kier alpha value is -3.92. The molecule has 0 spiro atoms. The lowest BCUT2D eigenvalue weighted by atomic mass is 10.0. The highest BCUT2D eigenvalue weighted by Gasteiger charge is 2.06. The van der Waals surface area contributed by atoms with Gasteiger partial charge in [-0.25, -0.2) is 0 Å². The van der Waals surface area contributed by atoms with Crippen molar-refractivity contribution in [3.05, 3.63) is 113 Å². The van der Waals surface area contributed by atoms with Gasteiger partial charge < -0.3 is 20.1 Å². The summed E-state index contributed by atoms with van der Waals surface area (Å²) in [5.41, 5.74) is 4.32. The van der Waals surface area contributed by atoms with E-state index in [2.05, 4.69) is 6.07 Å². The topological polar surface area (TPSA) is 69.9 Å². The second-order valence-corrected chi connectivity index (χ2v) is 7.92. The fraction of sp³-hybridized carbons (Fsp3) is 0.143. The predicted octanol–water partition coefficient (Wildman–Crippen LogP) is 6.17. The van der Waals surface area contributed by atoms with Crippen molar-refractivity contribution < 1.29 is 20.1 Å². The standard InChI is InChI=1S/C28H26O4/c29-24-13-11-20(12-14-24)7-10-23-16-26(31)19-28(18-23)32-27-6-2-4-22(17-27)9-8-21-3-1-5-25(30)15-21/h1-6,11-19,29-31H,7-10H2. The Balaban J connectivity index is 1.41. The zero-order chi connectivity index (χ0) is 22.3. The normalized spacial score (nSPS) is 10.8. The summed E-state index contributed by atoms with van der Waals surface area (Å²) in [6.45, 7) is 0. The van der Waals surface area contributed by atoms with E-state index in [1.54, 1.807) is 36.4 Å². The molecule has 0 heterocycles. The van der Waals surface area contributed by atoms with Gasteiger partial charge in [-0.2, -0.15) is 0 Å². The molecule has 0 unspecified atom stereocenters. The van der Waals surface area contributed by atoms with E-state index in [0.717, 1.165) is 47.9 Å². The molecule has 4 rings (SSSR count). The van der Waals surface area contributed by atoms with Crippen LogP contribution in [0, 0.1) is 0 Å². The molecular weight excluding hydrogens is 400 g/mol. The van der Waals surface area contributed by atoms with Crippen LogP contribution in [0.5, 0.6) is 28.7 Å². The molecule has 0 aliphatic heterocycles. The number of benzene rings is 4. The zero-order valence-electron chi connectivity index (χ0n) is 17.7. The number of hydrogen-bond acceptors (Lipinski definition) is 4. The predicted molar refractivity (Wildman–Crippen MR) is 126 cm³/mol. The molecule has 0 bridgehead atoms. The van der Waals surface area contributed by atoms with Gasteiger partial charge in [0.15, 0.2) is 0 Å². The number of aryl methyl sites for hydroxylation is 4. The monoisotopic (exact) mass is 426 g/mol. The van der Waals surface area contributed by atoms with Gasteiger partial charge in [-0.3, -0.25) is 0 Å². The van der Waals surface area contributed by atoms with Crippen molar-refractivity contribution in [2.45, 2.75) is 25.7 Å². The molecule has 0 amide bonds. The fourth-order valence-electron chi connectivity index (χ4n) is 3.70. The van der Waals surface area contributed by atoms with Crippen LogP contribution in [0.1, 0.15) is 22.3 Å². The summed E-state index contributed by atoms with van der Waals surface area (Å²) >= 11 is 0. The van der Waals surface area contributed by atoms with Gasteiger partial charge in [-0.15, -0.1) is 0 Å². The second-order valence-electron chi connectivity index (χ2n) is 7.92. The third-order valence-electron chi connectivity index (χ3n) is 5.34. The number of rotatable bonds is 8. The summed E-state index contributed by atoms with van der Waals surface area (Å²) in [6, 6.07) is 27.7. The van der Waals surface area contributed by atoms with Crippen LogP contribution in [-0.2, 0) is 25.7 Å². The molecule has 0 aromatic heterocycles. The van der Waals surface area contributed by atoms with Gasteiger partial charge >= 0.3 is 0 Å². The third kappa shape index (κ3) is 6.05. The Morgan fingerprint density at radius 2 is 1.03 bits per heavy atom. The Morgan fingerprint density at radius 1 is 0.438 bits per heavy atom. The smallest absolute Gasteiger partial charge is 0.131 e. The molecule has 4 aromatic rings. The molecule has 32 heavy (non-hydrogen) atoms. The lowest BCUT2D eigenvalue weighted by molar-refractivity contribution is 0.453. The maximum Gasteiger partial charge on any atom is 0.131 e. The van der Waals surface area contributed by atoms with Gasteiger partial charge in [0.2, 0.25) is 0 Å². The van der Waals surface area contributed by atoms with E-state index in [9.17, 15) is 15.3 Å². The molecule has 3 N–H and O–H groups in total. The lowest BCUT2D eigenvalue weighted by Crippen LogP contribution is -1.94. The van der Waals surface area contributed by atoms with Crippen LogP contribution in [0.3, 0.4) is 0 Å². The van der Waals surface area contributed by atoms with Crippen LogP contribution in [-0.4, -0.2) is 15.3 Å². The first kappa shape index (κ1) is 21.3. The maximum atomic E-state index is 10.2. The molecule has 0 saturated carbocycles. The maximum absolute atomic E-state index is 10.2. The molecular formula is C28H26O4. The average Bonchev–Trinajstić information content (AvgIpc) is 2.77. The Bertz CT molecular complexity index is 1180. The van der Waals surface area contributed by atoms with E-state index < -0.39 is 0 Å². The zero-order valence-corrected chi connectivity index (χ0v) is 17.7. The molecule has 0 atom stereocenters. The van der Waals surface area contributed by atoms with Crippen molar-refractivity contribution in [3.8, 4) is 28.7 Å². The van der Waals surface area contributed by atoms with E-state index in [0.29, 0.717) is 11.5 Å². The van der Waals surface area contributed by atoms with Gasteiger partial charge in [-0.05, 0) is 96.5 Å². The number of phenols is 3. The van der Waals surface area contributed by atoms with Crippen molar-refractivity contribution in [1.29, 1.82) is 0 Å². The van der Waals surface area contributed by atoms with Gasteiger partial charge in [0.25, 0.3) is 0 Å². The lowest BCUT2D eigenvalue weighted by Gasteiger charge is -2.11. The summed E-state index contributed by atoms with van der Waals surface area (Å²) in [5, 5.41) is 29.2. The van der Waals surface area contributed by atoms with Gasteiger partial charge in [0, 0.05) is 6.07 Å². The SMILES string of the molecule is Oc1ccc(CCc2cc(O)cc(Oc3cccc(CCc4cccc(O)c4)c3)c2)cc1. The highest BCUT2D eigenvalue weighted by Crippen LogP contribution is 2.28. The minimum atomic E-state index is 0.170. The van der Waals surface area contributed by atoms with Crippen LogP contribution in [0.25, 0.3) is 0 Å². The molecule has 4 heteroatoms. The van der Waals surface area contributed by atoms with Crippen molar-refractivity contribution in [2.75, 3.05) is 0 Å². The largest absolute Gasteiger partial charge is 0.508 e. The summed E-state index contributed by atoms with van der Waals surface area (Å²) < 4.78 is 6.05. The first-order chi connectivity index (χ1) is 15.5. The van der Waals surface area contributed by atoms with E-state index in [4.69, 9.17) is 4.74 Å². The molecule has 4 nitrogen and oxygen atoms in total. The number of hydrogen-bond donors (Lipinski definition) is 3. The van der Waals surface area contributed by atoms with Crippen LogP contribution in [0.2, 0.25) is 0 Å². The molecule has 0 saturated heterocycles. The van der Waals surface area contributed by atoms with E-state index in [1.807, 2.05) is 48.5 Å². The molecule has 162 valence electrons. The van der Waals surface area contributed by atoms with E-state index >= 15 is 0 Å². The molecule has 0 aliphatic rings. The second kappa shape index (κ2) is 9.92.